The van der Waals surface area contributed by atoms with E-state index in [0.717, 1.165) is 0 Å². The molecule has 1 rings (SSSR count). The highest BCUT2D eigenvalue weighted by Crippen LogP contribution is 2.21. The summed E-state index contributed by atoms with van der Waals surface area (Å²) in [6.07, 6.45) is 0. The molecular weight excluding hydrogens is 314 g/mol. The van der Waals surface area contributed by atoms with Crippen LogP contribution in [0.25, 0.3) is 0 Å². The lowest BCUT2D eigenvalue weighted by atomic mass is 10.2. The van der Waals surface area contributed by atoms with Gasteiger partial charge in [0.15, 0.2) is 0 Å². The fourth-order valence-electron chi connectivity index (χ4n) is 1.37. The number of nitrogens with one attached hydrogen (secondary N) is 1. The van der Waals surface area contributed by atoms with E-state index in [4.69, 9.17) is 10.5 Å². The molecule has 0 heterocycles. The van der Waals surface area contributed by atoms with E-state index in [9.17, 15) is 17.2 Å². The van der Waals surface area contributed by atoms with E-state index in [-0.39, 0.29) is 17.3 Å². The molecule has 20 heavy (non-hydrogen) atoms. The van der Waals surface area contributed by atoms with Crippen LogP contribution in [-0.2, 0) is 10.0 Å². The molecule has 1 aromatic rings. The topological polar surface area (TPSA) is 81.4 Å². The molecule has 116 valence electrons. The third-order valence-electron chi connectivity index (χ3n) is 2.50. The monoisotopic (exact) mass is 330 g/mol. The second-order valence-electron chi connectivity index (χ2n) is 4.02. The maximum atomic E-state index is 12.9. The number of benzene rings is 1. The highest BCUT2D eigenvalue weighted by atomic mass is 35.5. The molecule has 1 aromatic carbocycles. The van der Waals surface area contributed by atoms with Crippen molar-refractivity contribution in [3.8, 4) is 5.75 Å². The van der Waals surface area contributed by atoms with Gasteiger partial charge in [-0.05, 0) is 30.7 Å². The largest absolute Gasteiger partial charge is 0.496 e. The maximum absolute atomic E-state index is 12.9. The van der Waals surface area contributed by atoms with Gasteiger partial charge in [0, 0.05) is 0 Å². The predicted molar refractivity (Wildman–Crippen MR) is 74.2 cm³/mol. The second-order valence-corrected chi connectivity index (χ2v) is 5.78. The van der Waals surface area contributed by atoms with E-state index in [0.29, 0.717) is 11.3 Å². The number of hydrogen-bond donors (Lipinski definition) is 2. The highest BCUT2D eigenvalue weighted by Gasteiger charge is 2.29. The molecule has 5 nitrogen and oxygen atoms in total. The zero-order valence-corrected chi connectivity index (χ0v) is 12.7. The molecule has 0 fully saturated rings. The smallest absolute Gasteiger partial charge is 0.273 e. The van der Waals surface area contributed by atoms with Crippen molar-refractivity contribution in [1.82, 2.24) is 4.72 Å². The minimum Gasteiger partial charge on any atom is -0.496 e. The lowest BCUT2D eigenvalue weighted by molar-refractivity contribution is 0.0170. The summed E-state index contributed by atoms with van der Waals surface area (Å²) in [5.74, 6) is -2.75. The molecule has 0 spiro atoms. The Hall–Kier alpha value is -0.960. The molecule has 0 saturated carbocycles. The van der Waals surface area contributed by atoms with Crippen LogP contribution in [0.3, 0.4) is 0 Å². The number of rotatable bonds is 6. The summed E-state index contributed by atoms with van der Waals surface area (Å²) in [7, 11) is -2.54. The number of aryl methyl sites for hydroxylation is 1. The molecule has 0 radical (unpaired) electrons. The summed E-state index contributed by atoms with van der Waals surface area (Å²) in [5, 5.41) is 0. The van der Waals surface area contributed by atoms with Gasteiger partial charge in [0.25, 0.3) is 5.92 Å². The highest BCUT2D eigenvalue weighted by molar-refractivity contribution is 7.89. The van der Waals surface area contributed by atoms with Crippen molar-refractivity contribution >= 4 is 22.4 Å². The van der Waals surface area contributed by atoms with E-state index in [1.54, 1.807) is 6.92 Å². The quantitative estimate of drug-likeness (QED) is 0.823. The molecule has 0 unspecified atom stereocenters. The van der Waals surface area contributed by atoms with Crippen molar-refractivity contribution in [3.05, 3.63) is 23.8 Å². The zero-order valence-electron chi connectivity index (χ0n) is 11.0. The lowest BCUT2D eigenvalue weighted by Gasteiger charge is -2.15. The van der Waals surface area contributed by atoms with Gasteiger partial charge in [0.2, 0.25) is 10.0 Å². The molecule has 0 bridgehead atoms. The third kappa shape index (κ3) is 4.86. The number of nitrogens with two attached hydrogens (primary N) is 1. The Kier molecular flexibility index (Phi) is 6.82. The summed E-state index contributed by atoms with van der Waals surface area (Å²) in [5.41, 5.74) is 5.43. The lowest BCUT2D eigenvalue weighted by Crippen LogP contribution is -2.41. The summed E-state index contributed by atoms with van der Waals surface area (Å²) >= 11 is 0. The van der Waals surface area contributed by atoms with E-state index in [1.807, 2.05) is 4.72 Å². The van der Waals surface area contributed by atoms with Crippen LogP contribution < -0.4 is 15.2 Å². The van der Waals surface area contributed by atoms with Gasteiger partial charge in [-0.15, -0.1) is 12.4 Å². The molecule has 0 aliphatic carbocycles. The third-order valence-corrected chi connectivity index (χ3v) is 3.89. The number of sulfonamides is 1. The van der Waals surface area contributed by atoms with Crippen molar-refractivity contribution in [3.63, 3.8) is 0 Å². The summed E-state index contributed by atoms with van der Waals surface area (Å²) in [6, 6.07) is 4.10. The van der Waals surface area contributed by atoms with Crippen molar-refractivity contribution in [2.75, 3.05) is 20.2 Å². The standard InChI is InChI=1S/C11H16F2N2O3S.ClH/c1-8-5-9(3-4-10(8)18-2)19(16,17)15-7-11(12,13)6-14;/h3-5,15H,6-7,14H2,1-2H3;1H. The van der Waals surface area contributed by atoms with Crippen molar-refractivity contribution in [2.45, 2.75) is 17.7 Å². The molecule has 0 aliphatic heterocycles. The Morgan fingerprint density at radius 2 is 2.00 bits per heavy atom. The molecule has 0 aliphatic rings. The Bertz CT molecular complexity index is 553. The fraction of sp³-hybridized carbons (Fsp3) is 0.455. The summed E-state index contributed by atoms with van der Waals surface area (Å²) in [4.78, 5) is -0.0985. The fourth-order valence-corrected chi connectivity index (χ4v) is 2.52. The first-order valence-electron chi connectivity index (χ1n) is 5.44. The van der Waals surface area contributed by atoms with Crippen LogP contribution in [-0.4, -0.2) is 34.5 Å². The Morgan fingerprint density at radius 1 is 1.40 bits per heavy atom. The van der Waals surface area contributed by atoms with Crippen LogP contribution in [0.2, 0.25) is 0 Å². The average molecular weight is 331 g/mol. The van der Waals surface area contributed by atoms with Gasteiger partial charge < -0.3 is 10.5 Å². The van der Waals surface area contributed by atoms with Gasteiger partial charge in [-0.25, -0.2) is 21.9 Å². The van der Waals surface area contributed by atoms with Crippen LogP contribution in [0.1, 0.15) is 5.56 Å². The van der Waals surface area contributed by atoms with Crippen molar-refractivity contribution in [2.24, 2.45) is 5.73 Å². The van der Waals surface area contributed by atoms with Gasteiger partial charge in [0.05, 0.1) is 25.1 Å². The average Bonchev–Trinajstić information content (AvgIpc) is 2.36. The SMILES string of the molecule is COc1ccc(S(=O)(=O)NCC(F)(F)CN)cc1C.Cl. The number of hydrogen-bond acceptors (Lipinski definition) is 4. The maximum Gasteiger partial charge on any atom is 0.273 e. The second kappa shape index (κ2) is 7.16. The molecular formula is C11H17ClF2N2O3S. The zero-order chi connectivity index (χ0) is 14.7. The predicted octanol–water partition coefficient (Wildman–Crippen LogP) is 1.30. The Labute approximate surface area is 123 Å². The summed E-state index contributed by atoms with van der Waals surface area (Å²) < 4.78 is 56.3. The Balaban J connectivity index is 0.00000361. The van der Waals surface area contributed by atoms with E-state index < -0.39 is 29.0 Å². The van der Waals surface area contributed by atoms with Crippen molar-refractivity contribution < 1.29 is 21.9 Å². The molecule has 0 atom stereocenters. The number of alkyl halides is 2. The molecule has 0 saturated heterocycles. The van der Waals surface area contributed by atoms with Crippen LogP contribution in [0.4, 0.5) is 8.78 Å². The molecule has 0 aromatic heterocycles. The van der Waals surface area contributed by atoms with Crippen LogP contribution in [0.5, 0.6) is 5.75 Å². The van der Waals surface area contributed by atoms with E-state index >= 15 is 0 Å². The van der Waals surface area contributed by atoms with Gasteiger partial charge in [-0.1, -0.05) is 0 Å². The molecule has 3 N–H and O–H groups in total. The van der Waals surface area contributed by atoms with Gasteiger partial charge in [-0.2, -0.15) is 0 Å². The number of methoxy groups -OCH3 is 1. The molecule has 0 amide bonds. The number of ether oxygens (including phenoxy) is 1. The van der Waals surface area contributed by atoms with E-state index in [1.165, 1.54) is 25.3 Å². The van der Waals surface area contributed by atoms with Crippen molar-refractivity contribution in [1.29, 1.82) is 0 Å². The van der Waals surface area contributed by atoms with Gasteiger partial charge in [-0.3, -0.25) is 0 Å². The van der Waals surface area contributed by atoms with Crippen LogP contribution >= 0.6 is 12.4 Å². The first kappa shape index (κ1) is 19.0. The minimum absolute atomic E-state index is 0. The van der Waals surface area contributed by atoms with Gasteiger partial charge in [0.1, 0.15) is 5.75 Å². The van der Waals surface area contributed by atoms with E-state index in [2.05, 4.69) is 0 Å². The number of halogens is 3. The first-order valence-corrected chi connectivity index (χ1v) is 6.92. The summed E-state index contributed by atoms with van der Waals surface area (Å²) in [6.45, 7) is -0.291. The molecule has 9 heteroatoms. The first-order chi connectivity index (χ1) is 8.72. The van der Waals surface area contributed by atoms with Crippen LogP contribution in [0.15, 0.2) is 23.1 Å². The van der Waals surface area contributed by atoms with Gasteiger partial charge >= 0.3 is 0 Å². The van der Waals surface area contributed by atoms with Crippen LogP contribution in [0, 0.1) is 6.92 Å². The minimum atomic E-state index is -3.99. The Morgan fingerprint density at radius 3 is 2.45 bits per heavy atom. The normalized spacial score (nSPS) is 11.8.